The standard InChI is InChI=1S/C13H16NO6/c1-10(12(15)18-2)9-19-7-8-20-13(16)11-3-5-14(17)6-4-11/h3-6,17H,1,7-9H2,2H3/q+1. The zero-order valence-corrected chi connectivity index (χ0v) is 11.1. The summed E-state index contributed by atoms with van der Waals surface area (Å²) in [5, 5.41) is 9.00. The second-order valence-electron chi connectivity index (χ2n) is 3.75. The van der Waals surface area contributed by atoms with Crippen LogP contribution in [-0.2, 0) is 19.0 Å². The van der Waals surface area contributed by atoms with E-state index < -0.39 is 11.9 Å². The minimum atomic E-state index is -0.538. The quantitative estimate of drug-likeness (QED) is 0.251. The van der Waals surface area contributed by atoms with E-state index >= 15 is 0 Å². The molecule has 1 aromatic rings. The van der Waals surface area contributed by atoms with Gasteiger partial charge in [-0.2, -0.15) is 0 Å². The summed E-state index contributed by atoms with van der Waals surface area (Å²) < 4.78 is 15.3. The van der Waals surface area contributed by atoms with E-state index in [9.17, 15) is 9.59 Å². The molecule has 0 bridgehead atoms. The number of nitrogens with zero attached hydrogens (tertiary/aromatic N) is 1. The lowest BCUT2D eigenvalue weighted by Gasteiger charge is -2.06. The average Bonchev–Trinajstić information content (AvgIpc) is 2.46. The smallest absolute Gasteiger partial charge is 0.338 e. The van der Waals surface area contributed by atoms with Crippen molar-refractivity contribution in [1.29, 1.82) is 0 Å². The van der Waals surface area contributed by atoms with Gasteiger partial charge in [0.15, 0.2) is 0 Å². The molecule has 7 heteroatoms. The molecular formula is C13H16NO6+. The van der Waals surface area contributed by atoms with Crippen molar-refractivity contribution in [3.8, 4) is 0 Å². The predicted molar refractivity (Wildman–Crippen MR) is 66.1 cm³/mol. The molecule has 0 aromatic carbocycles. The fraction of sp³-hybridized carbons (Fsp3) is 0.308. The minimum Gasteiger partial charge on any atom is -0.466 e. The molecule has 0 atom stereocenters. The van der Waals surface area contributed by atoms with Crippen molar-refractivity contribution in [3.63, 3.8) is 0 Å². The van der Waals surface area contributed by atoms with Crippen molar-refractivity contribution in [2.24, 2.45) is 0 Å². The van der Waals surface area contributed by atoms with Crippen LogP contribution < -0.4 is 4.73 Å². The zero-order chi connectivity index (χ0) is 15.0. The Morgan fingerprint density at radius 2 is 1.95 bits per heavy atom. The van der Waals surface area contributed by atoms with Crippen LogP contribution in [0.2, 0.25) is 0 Å². The molecule has 1 heterocycles. The highest BCUT2D eigenvalue weighted by atomic mass is 16.6. The second kappa shape index (κ2) is 7.90. The Bertz CT molecular complexity index is 482. The van der Waals surface area contributed by atoms with Crippen molar-refractivity contribution in [3.05, 3.63) is 42.2 Å². The van der Waals surface area contributed by atoms with Crippen LogP contribution in [0.25, 0.3) is 0 Å². The molecule has 0 fully saturated rings. The molecule has 0 saturated carbocycles. The van der Waals surface area contributed by atoms with Gasteiger partial charge in [-0.1, -0.05) is 6.58 Å². The molecule has 108 valence electrons. The maximum absolute atomic E-state index is 11.5. The number of carbonyl (C=O) groups is 2. The summed E-state index contributed by atoms with van der Waals surface area (Å²) in [7, 11) is 1.26. The third-order valence-electron chi connectivity index (χ3n) is 2.26. The van der Waals surface area contributed by atoms with Crippen molar-refractivity contribution in [2.45, 2.75) is 0 Å². The molecule has 7 nitrogen and oxygen atoms in total. The number of carbonyl (C=O) groups excluding carboxylic acids is 2. The maximum atomic E-state index is 11.5. The van der Waals surface area contributed by atoms with Crippen LogP contribution >= 0.6 is 0 Å². The SMILES string of the molecule is C=C(COCCOC(=O)c1cc[n+](O)cc1)C(=O)OC. The molecule has 0 aliphatic heterocycles. The summed E-state index contributed by atoms with van der Waals surface area (Å²) in [5.41, 5.74) is 0.503. The molecule has 0 amide bonds. The van der Waals surface area contributed by atoms with Gasteiger partial charge in [-0.05, 0) is 0 Å². The normalized spacial score (nSPS) is 9.85. The first kappa shape index (κ1) is 15.6. The van der Waals surface area contributed by atoms with Gasteiger partial charge in [0, 0.05) is 16.9 Å². The molecule has 0 radical (unpaired) electrons. The monoisotopic (exact) mass is 282 g/mol. The molecule has 0 aliphatic rings. The van der Waals surface area contributed by atoms with Gasteiger partial charge < -0.3 is 14.2 Å². The Hall–Kier alpha value is -2.41. The average molecular weight is 282 g/mol. The summed E-state index contributed by atoms with van der Waals surface area (Å²) in [5.74, 6) is -1.07. The highest BCUT2D eigenvalue weighted by molar-refractivity contribution is 5.89. The van der Waals surface area contributed by atoms with Gasteiger partial charge in [0.1, 0.15) is 6.61 Å². The number of hydrogen-bond donors (Lipinski definition) is 1. The Morgan fingerprint density at radius 1 is 1.30 bits per heavy atom. The third-order valence-corrected chi connectivity index (χ3v) is 2.26. The van der Waals surface area contributed by atoms with Gasteiger partial charge in [0.25, 0.3) is 0 Å². The molecule has 1 rings (SSSR count). The molecule has 0 unspecified atom stereocenters. The Balaban J connectivity index is 2.21. The van der Waals surface area contributed by atoms with Crippen LogP contribution in [0.3, 0.4) is 0 Å². The van der Waals surface area contributed by atoms with E-state index in [4.69, 9.17) is 14.7 Å². The summed E-state index contributed by atoms with van der Waals surface area (Å²) in [6.07, 6.45) is 2.63. The largest absolute Gasteiger partial charge is 0.466 e. The fourth-order valence-corrected chi connectivity index (χ4v) is 1.23. The molecule has 0 aliphatic carbocycles. The van der Waals surface area contributed by atoms with Crippen LogP contribution in [0.5, 0.6) is 0 Å². The van der Waals surface area contributed by atoms with E-state index in [0.29, 0.717) is 5.56 Å². The lowest BCUT2D eigenvalue weighted by molar-refractivity contribution is -0.904. The number of aromatic nitrogens is 1. The molecule has 0 spiro atoms. The lowest BCUT2D eigenvalue weighted by Crippen LogP contribution is -2.28. The third kappa shape index (κ3) is 5.07. The van der Waals surface area contributed by atoms with E-state index in [2.05, 4.69) is 11.3 Å². The highest BCUT2D eigenvalue weighted by Crippen LogP contribution is 1.99. The Morgan fingerprint density at radius 3 is 2.55 bits per heavy atom. The summed E-state index contributed by atoms with van der Waals surface area (Å²) >= 11 is 0. The first-order chi connectivity index (χ1) is 9.54. The lowest BCUT2D eigenvalue weighted by atomic mass is 10.3. The van der Waals surface area contributed by atoms with Gasteiger partial charge in [0.05, 0.1) is 31.5 Å². The van der Waals surface area contributed by atoms with E-state index in [1.54, 1.807) is 0 Å². The summed E-state index contributed by atoms with van der Waals surface area (Å²) in [4.78, 5) is 22.5. The molecule has 0 saturated heterocycles. The zero-order valence-electron chi connectivity index (χ0n) is 11.1. The van der Waals surface area contributed by atoms with Gasteiger partial charge in [0.2, 0.25) is 12.4 Å². The van der Waals surface area contributed by atoms with Crippen LogP contribution in [-0.4, -0.2) is 44.1 Å². The topological polar surface area (TPSA) is 85.9 Å². The number of pyridine rings is 1. The van der Waals surface area contributed by atoms with Crippen LogP contribution in [0, 0.1) is 0 Å². The number of ether oxygens (including phenoxy) is 3. The van der Waals surface area contributed by atoms with Crippen molar-refractivity contribution in [1.82, 2.24) is 0 Å². The van der Waals surface area contributed by atoms with Gasteiger partial charge >= 0.3 is 11.9 Å². The number of rotatable bonds is 7. The van der Waals surface area contributed by atoms with Crippen LogP contribution in [0.4, 0.5) is 0 Å². The van der Waals surface area contributed by atoms with Crippen molar-refractivity contribution >= 4 is 11.9 Å². The van der Waals surface area contributed by atoms with Gasteiger partial charge in [-0.15, -0.1) is 0 Å². The van der Waals surface area contributed by atoms with Crippen LogP contribution in [0.1, 0.15) is 10.4 Å². The number of methoxy groups -OCH3 is 1. The molecule has 20 heavy (non-hydrogen) atoms. The summed E-state index contributed by atoms with van der Waals surface area (Å²) in [6, 6.07) is 2.84. The predicted octanol–water partition coefficient (Wildman–Crippen LogP) is 0.114. The van der Waals surface area contributed by atoms with E-state index in [0.717, 1.165) is 4.73 Å². The number of esters is 2. The molecular weight excluding hydrogens is 266 g/mol. The first-order valence-electron chi connectivity index (χ1n) is 5.76. The maximum Gasteiger partial charge on any atom is 0.338 e. The Kier molecular flexibility index (Phi) is 6.18. The minimum absolute atomic E-state index is 0.0140. The van der Waals surface area contributed by atoms with E-state index in [1.165, 1.54) is 31.6 Å². The van der Waals surface area contributed by atoms with Crippen LogP contribution in [0.15, 0.2) is 36.7 Å². The highest BCUT2D eigenvalue weighted by Gasteiger charge is 2.10. The van der Waals surface area contributed by atoms with Gasteiger partial charge in [-0.25, -0.2) is 9.59 Å². The number of hydrogen-bond acceptors (Lipinski definition) is 6. The molecule has 1 aromatic heterocycles. The van der Waals surface area contributed by atoms with Crippen molar-refractivity contribution in [2.75, 3.05) is 26.9 Å². The van der Waals surface area contributed by atoms with E-state index in [-0.39, 0.29) is 25.4 Å². The Labute approximate surface area is 116 Å². The fourth-order valence-electron chi connectivity index (χ4n) is 1.23. The van der Waals surface area contributed by atoms with Gasteiger partial charge in [-0.3, -0.25) is 5.21 Å². The molecule has 1 N–H and O–H groups in total. The van der Waals surface area contributed by atoms with Crippen molar-refractivity contribution < 1.29 is 33.7 Å². The second-order valence-corrected chi connectivity index (χ2v) is 3.75. The summed E-state index contributed by atoms with van der Waals surface area (Å²) in [6.45, 7) is 3.67. The first-order valence-corrected chi connectivity index (χ1v) is 5.76. The van der Waals surface area contributed by atoms with E-state index in [1.807, 2.05) is 0 Å².